The van der Waals surface area contributed by atoms with Gasteiger partial charge in [0, 0.05) is 50.0 Å². The Hall–Kier alpha value is -6.47. The number of hydrogen-bond donors (Lipinski definition) is 1. The molecule has 65 heavy (non-hydrogen) atoms. The van der Waals surface area contributed by atoms with Gasteiger partial charge in [0.25, 0.3) is 5.91 Å². The zero-order valence-corrected chi connectivity index (χ0v) is 37.4. The van der Waals surface area contributed by atoms with Gasteiger partial charge < -0.3 is 14.2 Å². The van der Waals surface area contributed by atoms with E-state index in [1.165, 1.54) is 21.5 Å². The predicted molar refractivity (Wildman–Crippen MR) is 235 cm³/mol. The third kappa shape index (κ3) is 5.76. The summed E-state index contributed by atoms with van der Waals surface area (Å²) >= 11 is 1.56. The molecule has 19 heteroatoms. The Morgan fingerprint density at radius 1 is 1.00 bits per heavy atom. The molecule has 4 aliphatic rings. The largest absolute Gasteiger partial charge is 0.438 e. The first-order valence-corrected chi connectivity index (χ1v) is 22.8. The fraction of sp³-hybridized carbons (Fsp3) is 0.413. The van der Waals surface area contributed by atoms with Crippen LogP contribution in [0.1, 0.15) is 109 Å². The van der Waals surface area contributed by atoms with Crippen LogP contribution in [0.25, 0.3) is 38.4 Å². The Balaban J connectivity index is 1.01. The van der Waals surface area contributed by atoms with Gasteiger partial charge in [-0.15, -0.1) is 11.3 Å². The molecule has 6 aromatic heterocycles. The molecule has 9 heterocycles. The molecule has 3 aliphatic heterocycles. The van der Waals surface area contributed by atoms with Crippen molar-refractivity contribution in [1.82, 2.24) is 53.3 Å². The summed E-state index contributed by atoms with van der Waals surface area (Å²) in [7, 11) is 1.72. The number of benzene rings is 2. The van der Waals surface area contributed by atoms with Crippen LogP contribution in [0.3, 0.4) is 0 Å². The van der Waals surface area contributed by atoms with Crippen LogP contribution in [0, 0.1) is 31.4 Å². The molecule has 0 radical (unpaired) electrons. The highest BCUT2D eigenvalue weighted by Gasteiger charge is 2.60. The Morgan fingerprint density at radius 2 is 1.77 bits per heavy atom. The quantitative estimate of drug-likeness (QED) is 0.176. The van der Waals surface area contributed by atoms with Gasteiger partial charge >= 0.3 is 11.4 Å². The maximum absolute atomic E-state index is 16.2. The standard InChI is InChI=1S/C46H45F2N11O5S/c1-22-15-27(16-23(2)36(22)47)59-39(56-13-12-55(44(56)62)33-10-9-31-28(37(33)48)21-49-54(31)6)35-29(52-59)17-26-7-8-32(35)57(26)40(60)34-18-30-41(65-38(50-30)25-11-14-63-45(4,5)20-25)58(34)46(19-24(46)3)42-51-43(61)64-53-42/h9-10,12-13,15-16,18,21,24-26,32H,7-8,11,14,17,19-20H2,1-6H3,(H,51,53,61)/t24-,25?,26+,32-,46-/m0/s1. The van der Waals surface area contributed by atoms with Crippen LogP contribution in [0.2, 0.25) is 0 Å². The zero-order valence-electron chi connectivity index (χ0n) is 36.6. The summed E-state index contributed by atoms with van der Waals surface area (Å²) in [5.41, 5.74) is 2.77. The Bertz CT molecular complexity index is 3410. The zero-order chi connectivity index (χ0) is 45.0. The molecule has 5 atom stereocenters. The highest BCUT2D eigenvalue weighted by Crippen LogP contribution is 2.57. The number of amides is 1. The minimum atomic E-state index is -0.865. The molecule has 334 valence electrons. The van der Waals surface area contributed by atoms with Gasteiger partial charge in [-0.1, -0.05) is 12.1 Å². The third-order valence-corrected chi connectivity index (χ3v) is 15.6. The average molecular weight is 902 g/mol. The van der Waals surface area contributed by atoms with Crippen LogP contribution >= 0.6 is 11.3 Å². The normalized spacial score (nSPS) is 23.5. The number of fused-ring (bicyclic) bond motifs is 6. The van der Waals surface area contributed by atoms with E-state index in [0.717, 1.165) is 22.7 Å². The smallest absolute Gasteiger partial charge is 0.376 e. The van der Waals surface area contributed by atoms with Gasteiger partial charge in [-0.25, -0.2) is 28.0 Å². The minimum absolute atomic E-state index is 0.00489. The third-order valence-electron chi connectivity index (χ3n) is 14.4. The monoisotopic (exact) mass is 901 g/mol. The van der Waals surface area contributed by atoms with E-state index in [1.54, 1.807) is 72.1 Å². The molecular weight excluding hydrogens is 857 g/mol. The second-order valence-electron chi connectivity index (χ2n) is 19.0. The van der Waals surface area contributed by atoms with E-state index < -0.39 is 28.8 Å². The van der Waals surface area contributed by atoms with Gasteiger partial charge in [0.15, 0.2) is 11.6 Å². The van der Waals surface area contributed by atoms with E-state index in [1.807, 2.05) is 15.5 Å². The number of aryl methyl sites for hydroxylation is 3. The fourth-order valence-corrected chi connectivity index (χ4v) is 12.4. The lowest BCUT2D eigenvalue weighted by Crippen LogP contribution is -2.43. The molecule has 1 amide bonds. The summed E-state index contributed by atoms with van der Waals surface area (Å²) in [5, 5.41) is 14.8. The minimum Gasteiger partial charge on any atom is -0.376 e. The van der Waals surface area contributed by atoms with Gasteiger partial charge in [-0.3, -0.25) is 28.1 Å². The number of ether oxygens (including phenoxy) is 1. The number of imidazole rings is 1. The number of rotatable bonds is 7. The van der Waals surface area contributed by atoms with Crippen LogP contribution in [-0.4, -0.2) is 77.4 Å². The lowest BCUT2D eigenvalue weighted by atomic mass is 9.89. The number of H-pyrrole nitrogens is 1. The molecule has 1 aliphatic carbocycles. The summed E-state index contributed by atoms with van der Waals surface area (Å²) < 4.78 is 50.4. The van der Waals surface area contributed by atoms with Crippen molar-refractivity contribution in [2.75, 3.05) is 6.61 Å². The van der Waals surface area contributed by atoms with Crippen LogP contribution < -0.4 is 11.4 Å². The van der Waals surface area contributed by atoms with Crippen molar-refractivity contribution < 1.29 is 22.8 Å². The van der Waals surface area contributed by atoms with Crippen LogP contribution in [-0.2, 0) is 23.7 Å². The highest BCUT2D eigenvalue weighted by molar-refractivity contribution is 7.18. The first-order chi connectivity index (χ1) is 31.1. The Labute approximate surface area is 373 Å². The lowest BCUT2D eigenvalue weighted by molar-refractivity contribution is -0.0593. The number of carbonyl (C=O) groups is 1. The molecule has 8 aromatic rings. The Morgan fingerprint density at radius 3 is 2.49 bits per heavy atom. The van der Waals surface area contributed by atoms with E-state index in [9.17, 15) is 9.59 Å². The molecule has 2 bridgehead atoms. The predicted octanol–water partition coefficient (Wildman–Crippen LogP) is 7.04. The van der Waals surface area contributed by atoms with Crippen molar-refractivity contribution >= 4 is 38.5 Å². The van der Waals surface area contributed by atoms with E-state index >= 15 is 13.6 Å². The number of aromatic nitrogens is 10. The molecule has 16 nitrogen and oxygen atoms in total. The van der Waals surface area contributed by atoms with Gasteiger partial charge in [0.1, 0.15) is 33.2 Å². The molecule has 3 fully saturated rings. The van der Waals surface area contributed by atoms with Gasteiger partial charge in [0.05, 0.1) is 50.8 Å². The number of hydrogen-bond acceptors (Lipinski definition) is 10. The number of halogens is 2. The van der Waals surface area contributed by atoms with Crippen molar-refractivity contribution in [1.29, 1.82) is 0 Å². The molecule has 1 N–H and O–H groups in total. The molecule has 1 unspecified atom stereocenters. The summed E-state index contributed by atoms with van der Waals surface area (Å²) in [6.45, 7) is 10.2. The van der Waals surface area contributed by atoms with Crippen molar-refractivity contribution in [3.8, 4) is 17.2 Å². The SMILES string of the molecule is Cc1cc(-n2nc3c(c2-n2ccn(-c4ccc5c(cnn5C)c4F)c2=O)[C@@H]2CC[C@H](C3)N2C(=O)c2cc3nc(C4CCOC(C)(C)C4)sc3n2[C@@]2(c3noc(=O)[nH]3)C[C@@H]2C)cc(C)c1F. The van der Waals surface area contributed by atoms with Crippen molar-refractivity contribution in [2.45, 2.75) is 102 Å². The Kier molecular flexibility index (Phi) is 8.49. The van der Waals surface area contributed by atoms with E-state index in [-0.39, 0.29) is 46.3 Å². The molecule has 12 rings (SSSR count). The lowest BCUT2D eigenvalue weighted by Gasteiger charge is -2.35. The van der Waals surface area contributed by atoms with Crippen molar-refractivity contribution in [3.63, 3.8) is 0 Å². The highest BCUT2D eigenvalue weighted by atomic mass is 32.1. The van der Waals surface area contributed by atoms with E-state index in [0.29, 0.717) is 88.7 Å². The summed E-state index contributed by atoms with van der Waals surface area (Å²) in [4.78, 5) is 53.6. The second kappa shape index (κ2) is 13.8. The number of aromatic amines is 1. The van der Waals surface area contributed by atoms with Crippen molar-refractivity contribution in [3.05, 3.63) is 121 Å². The second-order valence-corrected chi connectivity index (χ2v) is 20.0. The summed E-state index contributed by atoms with van der Waals surface area (Å²) in [6, 6.07) is 7.77. The maximum atomic E-state index is 16.2. The maximum Gasteiger partial charge on any atom is 0.438 e. The number of nitrogens with one attached hydrogen (secondary N) is 1. The summed E-state index contributed by atoms with van der Waals surface area (Å²) in [5.74, 6) is -0.928. The number of carbonyl (C=O) groups excluding carboxylic acids is 1. The molecule has 0 spiro atoms. The van der Waals surface area contributed by atoms with Gasteiger partial charge in [-0.2, -0.15) is 10.2 Å². The van der Waals surface area contributed by atoms with Gasteiger partial charge in [0.2, 0.25) is 0 Å². The summed E-state index contributed by atoms with van der Waals surface area (Å²) in [6.07, 6.45) is 8.44. The van der Waals surface area contributed by atoms with Gasteiger partial charge in [-0.05, 0) is 107 Å². The van der Waals surface area contributed by atoms with E-state index in [4.69, 9.17) is 19.3 Å². The average Bonchev–Trinajstić information content (AvgIpc) is 4.04. The topological polar surface area (TPSA) is 169 Å². The molecule has 2 aromatic carbocycles. The molecular formula is C46H45F2N11O5S. The number of nitrogens with zero attached hydrogens (tertiary/aromatic N) is 10. The molecule has 1 saturated carbocycles. The van der Waals surface area contributed by atoms with Crippen molar-refractivity contribution in [2.24, 2.45) is 13.0 Å². The van der Waals surface area contributed by atoms with E-state index in [2.05, 4.69) is 36.0 Å². The van der Waals surface area contributed by atoms with Crippen LogP contribution in [0.4, 0.5) is 8.78 Å². The molecule has 2 saturated heterocycles. The van der Waals surface area contributed by atoms with Crippen LogP contribution in [0.5, 0.6) is 0 Å². The number of thiazole rings is 1. The van der Waals surface area contributed by atoms with Crippen LogP contribution in [0.15, 0.2) is 63.0 Å². The first kappa shape index (κ1) is 40.1. The fourth-order valence-electron chi connectivity index (χ4n) is 11.2. The first-order valence-electron chi connectivity index (χ1n) is 22.0.